The van der Waals surface area contributed by atoms with Crippen molar-refractivity contribution in [2.45, 2.75) is 12.5 Å². The fraction of sp³-hybridized carbons (Fsp3) is 0.118. The van der Waals surface area contributed by atoms with E-state index in [1.54, 1.807) is 22.2 Å². The second kappa shape index (κ2) is 6.78. The van der Waals surface area contributed by atoms with Crippen molar-refractivity contribution < 1.29 is 4.79 Å². The number of anilines is 1. The molecule has 0 saturated heterocycles. The van der Waals surface area contributed by atoms with Gasteiger partial charge >= 0.3 is 0 Å². The van der Waals surface area contributed by atoms with E-state index in [1.807, 2.05) is 47.2 Å². The smallest absolute Gasteiger partial charge is 0.226 e. The van der Waals surface area contributed by atoms with Crippen molar-refractivity contribution >= 4 is 33.8 Å². The minimum atomic E-state index is -0.246. The number of nitrogens with zero attached hydrogens (tertiary/aromatic N) is 5. The van der Waals surface area contributed by atoms with E-state index in [1.165, 1.54) is 6.33 Å². The molecule has 25 heavy (non-hydrogen) atoms. The predicted octanol–water partition coefficient (Wildman–Crippen LogP) is 2.90. The monoisotopic (exact) mass is 350 g/mol. The summed E-state index contributed by atoms with van der Waals surface area (Å²) in [6, 6.07) is 11.3. The molecule has 0 aliphatic carbocycles. The first-order valence-corrected chi connectivity index (χ1v) is 8.64. The number of hydrogen-bond acceptors (Lipinski definition) is 6. The summed E-state index contributed by atoms with van der Waals surface area (Å²) < 4.78 is 1.60. The molecule has 3 heterocycles. The maximum absolute atomic E-state index is 12.6. The average Bonchev–Trinajstić information content (AvgIpc) is 3.34. The van der Waals surface area contributed by atoms with Crippen LogP contribution in [0.2, 0.25) is 0 Å². The third kappa shape index (κ3) is 3.24. The highest BCUT2D eigenvalue weighted by atomic mass is 32.1. The number of carbonyl (C=O) groups excluding carboxylic acids is 1. The van der Waals surface area contributed by atoms with Crippen LogP contribution in [0.25, 0.3) is 10.9 Å². The molecule has 0 aliphatic heterocycles. The van der Waals surface area contributed by atoms with Gasteiger partial charge < -0.3 is 5.32 Å². The Balaban J connectivity index is 1.58. The van der Waals surface area contributed by atoms with Crippen molar-refractivity contribution in [1.29, 1.82) is 0 Å². The topological polar surface area (TPSA) is 85.6 Å². The molecule has 3 aromatic heterocycles. The molecule has 4 aromatic rings. The minimum absolute atomic E-state index is 0.121. The van der Waals surface area contributed by atoms with Crippen LogP contribution in [0.4, 0.5) is 5.69 Å². The SMILES string of the molecule is O=C(C[C@@H](c1ccsc1)n1cnnn1)Nc1cccc2cccnc12. The van der Waals surface area contributed by atoms with Crippen molar-refractivity contribution in [2.75, 3.05) is 5.32 Å². The number of rotatable bonds is 5. The Bertz CT molecular complexity index is 944. The molecule has 0 unspecified atom stereocenters. The van der Waals surface area contributed by atoms with E-state index in [4.69, 9.17) is 0 Å². The van der Waals surface area contributed by atoms with Gasteiger partial charge in [-0.05, 0) is 44.9 Å². The Morgan fingerprint density at radius 2 is 2.16 bits per heavy atom. The van der Waals surface area contributed by atoms with Gasteiger partial charge in [0.2, 0.25) is 5.91 Å². The van der Waals surface area contributed by atoms with E-state index >= 15 is 0 Å². The molecule has 7 nitrogen and oxygen atoms in total. The number of carbonyl (C=O) groups is 1. The van der Waals surface area contributed by atoms with E-state index < -0.39 is 0 Å². The molecule has 0 aliphatic rings. The standard InChI is InChI=1S/C17H14N6OS/c24-16(20-14-5-1-3-12-4-2-7-18-17(12)14)9-15(13-6-8-25-10-13)23-11-19-21-22-23/h1-8,10-11,15H,9H2,(H,20,24)/t15-/m0/s1. The van der Waals surface area contributed by atoms with E-state index in [2.05, 4.69) is 25.8 Å². The van der Waals surface area contributed by atoms with Crippen LogP contribution < -0.4 is 5.32 Å². The molecule has 0 radical (unpaired) electrons. The first-order valence-electron chi connectivity index (χ1n) is 7.69. The van der Waals surface area contributed by atoms with Crippen molar-refractivity contribution in [3.63, 3.8) is 0 Å². The lowest BCUT2D eigenvalue weighted by Crippen LogP contribution is -2.20. The van der Waals surface area contributed by atoms with Crippen LogP contribution in [0.1, 0.15) is 18.0 Å². The highest BCUT2D eigenvalue weighted by molar-refractivity contribution is 7.08. The Kier molecular flexibility index (Phi) is 4.17. The van der Waals surface area contributed by atoms with Crippen LogP contribution in [0.3, 0.4) is 0 Å². The highest BCUT2D eigenvalue weighted by Gasteiger charge is 2.20. The Morgan fingerprint density at radius 3 is 2.96 bits per heavy atom. The number of aromatic nitrogens is 5. The lowest BCUT2D eigenvalue weighted by atomic mass is 10.1. The Labute approximate surface area is 147 Å². The zero-order valence-electron chi connectivity index (χ0n) is 13.1. The molecule has 1 N–H and O–H groups in total. The number of nitrogens with one attached hydrogen (secondary N) is 1. The lowest BCUT2D eigenvalue weighted by Gasteiger charge is -2.15. The van der Waals surface area contributed by atoms with Crippen molar-refractivity contribution in [3.05, 3.63) is 65.2 Å². The van der Waals surface area contributed by atoms with Gasteiger partial charge in [0.15, 0.2) is 0 Å². The summed E-state index contributed by atoms with van der Waals surface area (Å²) >= 11 is 1.57. The summed E-state index contributed by atoms with van der Waals surface area (Å²) in [5.41, 5.74) is 2.47. The first kappa shape index (κ1) is 15.4. The van der Waals surface area contributed by atoms with Gasteiger partial charge in [-0.25, -0.2) is 4.68 Å². The zero-order chi connectivity index (χ0) is 17.1. The fourth-order valence-electron chi connectivity index (χ4n) is 2.72. The third-order valence-corrected chi connectivity index (χ3v) is 4.60. The van der Waals surface area contributed by atoms with Crippen LogP contribution >= 0.6 is 11.3 Å². The fourth-order valence-corrected chi connectivity index (χ4v) is 3.43. The van der Waals surface area contributed by atoms with Gasteiger partial charge in [-0.2, -0.15) is 11.3 Å². The summed E-state index contributed by atoms with van der Waals surface area (Å²) in [4.78, 5) is 17.0. The molecule has 0 bridgehead atoms. The third-order valence-electron chi connectivity index (χ3n) is 3.90. The van der Waals surface area contributed by atoms with Gasteiger partial charge in [0, 0.05) is 11.6 Å². The molecule has 1 amide bonds. The predicted molar refractivity (Wildman–Crippen MR) is 95.3 cm³/mol. The van der Waals surface area contributed by atoms with E-state index in [9.17, 15) is 4.79 Å². The van der Waals surface area contributed by atoms with E-state index in [0.29, 0.717) is 5.69 Å². The van der Waals surface area contributed by atoms with Crippen molar-refractivity contribution in [2.24, 2.45) is 0 Å². The van der Waals surface area contributed by atoms with Crippen LogP contribution in [-0.4, -0.2) is 31.1 Å². The van der Waals surface area contributed by atoms with Gasteiger partial charge in [0.1, 0.15) is 6.33 Å². The number of hydrogen-bond donors (Lipinski definition) is 1. The molecule has 1 aromatic carbocycles. The Hall–Kier alpha value is -3.13. The van der Waals surface area contributed by atoms with Gasteiger partial charge in [-0.15, -0.1) is 5.10 Å². The number of fused-ring (bicyclic) bond motifs is 1. The molecule has 4 rings (SSSR count). The number of tetrazole rings is 1. The summed E-state index contributed by atoms with van der Waals surface area (Å²) in [5.74, 6) is -0.121. The maximum atomic E-state index is 12.6. The molecular weight excluding hydrogens is 336 g/mol. The number of thiophene rings is 1. The normalized spacial score (nSPS) is 12.2. The highest BCUT2D eigenvalue weighted by Crippen LogP contribution is 2.25. The van der Waals surface area contributed by atoms with Gasteiger partial charge in [0.05, 0.1) is 23.7 Å². The van der Waals surface area contributed by atoms with Crippen LogP contribution in [-0.2, 0) is 4.79 Å². The molecule has 0 fully saturated rings. The quantitative estimate of drug-likeness (QED) is 0.598. The minimum Gasteiger partial charge on any atom is -0.324 e. The zero-order valence-corrected chi connectivity index (χ0v) is 13.9. The summed E-state index contributed by atoms with van der Waals surface area (Å²) in [6.07, 6.45) is 3.47. The number of benzene rings is 1. The molecule has 8 heteroatoms. The van der Waals surface area contributed by atoms with Crippen LogP contribution in [0.15, 0.2) is 59.7 Å². The second-order valence-electron chi connectivity index (χ2n) is 5.50. The van der Waals surface area contributed by atoms with Crippen molar-refractivity contribution in [3.8, 4) is 0 Å². The number of pyridine rings is 1. The van der Waals surface area contributed by atoms with Crippen LogP contribution in [0.5, 0.6) is 0 Å². The largest absolute Gasteiger partial charge is 0.324 e. The number of para-hydroxylation sites is 1. The lowest BCUT2D eigenvalue weighted by molar-refractivity contribution is -0.116. The summed E-state index contributed by atoms with van der Waals surface area (Å²) in [6.45, 7) is 0. The average molecular weight is 350 g/mol. The van der Waals surface area contributed by atoms with Gasteiger partial charge in [0.25, 0.3) is 0 Å². The Morgan fingerprint density at radius 1 is 1.24 bits per heavy atom. The van der Waals surface area contributed by atoms with Crippen LogP contribution in [0, 0.1) is 0 Å². The summed E-state index contributed by atoms with van der Waals surface area (Å²) in [5, 5.41) is 19.2. The van der Waals surface area contributed by atoms with Gasteiger partial charge in [-0.1, -0.05) is 18.2 Å². The van der Waals surface area contributed by atoms with Crippen molar-refractivity contribution in [1.82, 2.24) is 25.2 Å². The van der Waals surface area contributed by atoms with E-state index in [0.717, 1.165) is 16.5 Å². The maximum Gasteiger partial charge on any atom is 0.226 e. The molecule has 0 spiro atoms. The second-order valence-corrected chi connectivity index (χ2v) is 6.28. The number of amides is 1. The van der Waals surface area contributed by atoms with E-state index in [-0.39, 0.29) is 18.4 Å². The van der Waals surface area contributed by atoms with Gasteiger partial charge in [-0.3, -0.25) is 9.78 Å². The first-order chi connectivity index (χ1) is 12.3. The molecular formula is C17H14N6OS. The molecule has 1 atom stereocenters. The molecule has 0 saturated carbocycles. The molecule has 124 valence electrons. The summed E-state index contributed by atoms with van der Waals surface area (Å²) in [7, 11) is 0.